The number of nitrogens with one attached hydrogen (secondary N) is 1. The molecule has 1 aliphatic rings. The second-order valence-corrected chi connectivity index (χ2v) is 9.05. The molecule has 1 saturated carbocycles. The molecule has 0 aliphatic heterocycles. The van der Waals surface area contributed by atoms with Crippen LogP contribution in [0.5, 0.6) is 5.75 Å². The van der Waals surface area contributed by atoms with Crippen molar-refractivity contribution in [2.24, 2.45) is 5.92 Å². The minimum absolute atomic E-state index is 0.0364. The number of hydrogen-bond donors (Lipinski definition) is 1. The summed E-state index contributed by atoms with van der Waals surface area (Å²) in [6.45, 7) is 2.97. The van der Waals surface area contributed by atoms with E-state index in [9.17, 15) is 28.1 Å². The van der Waals surface area contributed by atoms with Crippen LogP contribution in [0.2, 0.25) is 0 Å². The number of aryl methyl sites for hydroxylation is 1. The van der Waals surface area contributed by atoms with Crippen LogP contribution < -0.4 is 9.50 Å². The molecule has 1 N–H and O–H groups in total. The summed E-state index contributed by atoms with van der Waals surface area (Å²) in [6, 6.07) is 8.54. The number of nitrogens with zero attached hydrogens (tertiary/aromatic N) is 1. The van der Waals surface area contributed by atoms with Crippen molar-refractivity contribution in [3.8, 4) is 5.75 Å². The molecule has 170 valence electrons. The van der Waals surface area contributed by atoms with Crippen LogP contribution in [0.1, 0.15) is 35.7 Å². The van der Waals surface area contributed by atoms with Gasteiger partial charge >= 0.3 is 16.1 Å². The van der Waals surface area contributed by atoms with E-state index in [0.29, 0.717) is 5.92 Å². The number of rotatable bonds is 9. The SMILES string of the molecule is Cc1ccc([N+](=O)[O-])cc1S(=O)(=O)Oc1ccc(C(=O)OCC(=O)NC(C)C2CC2)cc1. The summed E-state index contributed by atoms with van der Waals surface area (Å²) in [5.74, 6) is -0.757. The first-order chi connectivity index (χ1) is 15.1. The summed E-state index contributed by atoms with van der Waals surface area (Å²) < 4.78 is 35.1. The van der Waals surface area contributed by atoms with Crippen molar-refractivity contribution in [2.75, 3.05) is 6.61 Å². The van der Waals surface area contributed by atoms with Crippen molar-refractivity contribution >= 4 is 27.7 Å². The fraction of sp³-hybridized carbons (Fsp3) is 0.333. The highest BCUT2D eigenvalue weighted by Crippen LogP contribution is 2.32. The minimum Gasteiger partial charge on any atom is -0.452 e. The Labute approximate surface area is 184 Å². The third-order valence-electron chi connectivity index (χ3n) is 5.00. The molecule has 1 amide bonds. The Morgan fingerprint density at radius 3 is 2.44 bits per heavy atom. The molecule has 32 heavy (non-hydrogen) atoms. The van der Waals surface area contributed by atoms with Crippen LogP contribution in [-0.4, -0.2) is 37.9 Å². The van der Waals surface area contributed by atoms with E-state index in [1.807, 2.05) is 6.92 Å². The predicted molar refractivity (Wildman–Crippen MR) is 113 cm³/mol. The van der Waals surface area contributed by atoms with Gasteiger partial charge in [0.2, 0.25) is 0 Å². The molecule has 10 nitrogen and oxygen atoms in total. The van der Waals surface area contributed by atoms with E-state index in [0.717, 1.165) is 18.9 Å². The monoisotopic (exact) mass is 462 g/mol. The van der Waals surface area contributed by atoms with E-state index in [4.69, 9.17) is 8.92 Å². The van der Waals surface area contributed by atoms with Gasteiger partial charge in [-0.25, -0.2) is 4.79 Å². The van der Waals surface area contributed by atoms with E-state index in [1.54, 1.807) is 0 Å². The van der Waals surface area contributed by atoms with Crippen LogP contribution in [0, 0.1) is 23.0 Å². The maximum atomic E-state index is 12.6. The van der Waals surface area contributed by atoms with E-state index in [1.165, 1.54) is 43.3 Å². The summed E-state index contributed by atoms with van der Waals surface area (Å²) in [4.78, 5) is 33.9. The number of benzene rings is 2. The molecule has 1 aliphatic carbocycles. The summed E-state index contributed by atoms with van der Waals surface area (Å²) in [5.41, 5.74) is 0.000766. The molecule has 2 aromatic rings. The van der Waals surface area contributed by atoms with Gasteiger partial charge in [0.05, 0.1) is 10.5 Å². The molecule has 1 unspecified atom stereocenters. The third kappa shape index (κ3) is 5.82. The maximum absolute atomic E-state index is 12.6. The van der Waals surface area contributed by atoms with Gasteiger partial charge in [-0.1, -0.05) is 6.07 Å². The Hall–Kier alpha value is -3.47. The number of carbonyl (C=O) groups excluding carboxylic acids is 2. The second kappa shape index (κ2) is 9.35. The Morgan fingerprint density at radius 2 is 1.84 bits per heavy atom. The van der Waals surface area contributed by atoms with Gasteiger partial charge in [-0.2, -0.15) is 8.42 Å². The molecule has 0 radical (unpaired) electrons. The molecular weight excluding hydrogens is 440 g/mol. The molecule has 0 heterocycles. The highest BCUT2D eigenvalue weighted by molar-refractivity contribution is 7.87. The Balaban J connectivity index is 1.61. The lowest BCUT2D eigenvalue weighted by Gasteiger charge is -2.13. The number of nitro groups is 1. The average Bonchev–Trinajstić information content (AvgIpc) is 3.58. The number of nitro benzene ring substituents is 1. The van der Waals surface area contributed by atoms with Gasteiger partial charge in [0, 0.05) is 18.2 Å². The van der Waals surface area contributed by atoms with Crippen molar-refractivity contribution in [3.63, 3.8) is 0 Å². The van der Waals surface area contributed by atoms with Crippen molar-refractivity contribution < 1.29 is 31.9 Å². The molecule has 0 bridgehead atoms. The number of carbonyl (C=O) groups is 2. The van der Waals surface area contributed by atoms with E-state index >= 15 is 0 Å². The molecule has 11 heteroatoms. The maximum Gasteiger partial charge on any atom is 0.339 e. The van der Waals surface area contributed by atoms with E-state index in [-0.39, 0.29) is 33.5 Å². The number of ether oxygens (including phenoxy) is 1. The number of esters is 1. The van der Waals surface area contributed by atoms with Gasteiger partial charge in [0.15, 0.2) is 6.61 Å². The molecule has 1 atom stereocenters. The van der Waals surface area contributed by atoms with Crippen molar-refractivity contribution in [1.82, 2.24) is 5.32 Å². The van der Waals surface area contributed by atoms with E-state index in [2.05, 4.69) is 5.32 Å². The first kappa shape index (κ1) is 23.2. The standard InChI is InChI=1S/C21H22N2O8S/c1-13-3-8-17(23(26)27)11-19(13)32(28,29)31-18-9-6-16(7-10-18)21(25)30-12-20(24)22-14(2)15-4-5-15/h3,6-11,14-15H,4-5,12H2,1-2H3,(H,22,24). The first-order valence-electron chi connectivity index (χ1n) is 9.83. The summed E-state index contributed by atoms with van der Waals surface area (Å²) in [6.07, 6.45) is 2.15. The first-order valence-corrected chi connectivity index (χ1v) is 11.2. The van der Waals surface area contributed by atoms with Gasteiger partial charge in [-0.05, 0) is 62.4 Å². The molecular formula is C21H22N2O8S. The lowest BCUT2D eigenvalue weighted by atomic mass is 10.2. The number of non-ortho nitro benzene ring substituents is 1. The van der Waals surface area contributed by atoms with Crippen LogP contribution in [0.15, 0.2) is 47.4 Å². The van der Waals surface area contributed by atoms with Crippen LogP contribution in [-0.2, 0) is 19.6 Å². The Morgan fingerprint density at radius 1 is 1.19 bits per heavy atom. The summed E-state index contributed by atoms with van der Waals surface area (Å²) in [5, 5.41) is 13.7. The molecule has 0 saturated heterocycles. The highest BCUT2D eigenvalue weighted by Gasteiger charge is 2.29. The van der Waals surface area contributed by atoms with Gasteiger partial charge < -0.3 is 14.2 Å². The zero-order valence-electron chi connectivity index (χ0n) is 17.4. The van der Waals surface area contributed by atoms with Crippen LogP contribution in [0.25, 0.3) is 0 Å². The van der Waals surface area contributed by atoms with Gasteiger partial charge in [-0.3, -0.25) is 14.9 Å². The van der Waals surface area contributed by atoms with Crippen molar-refractivity contribution in [2.45, 2.75) is 37.6 Å². The molecule has 1 fully saturated rings. The molecule has 0 aromatic heterocycles. The number of amides is 1. The van der Waals surface area contributed by atoms with Crippen LogP contribution >= 0.6 is 0 Å². The minimum atomic E-state index is -4.34. The molecule has 0 spiro atoms. The lowest BCUT2D eigenvalue weighted by Crippen LogP contribution is -2.37. The smallest absolute Gasteiger partial charge is 0.339 e. The quantitative estimate of drug-likeness (QED) is 0.259. The Kier molecular flexibility index (Phi) is 6.78. The third-order valence-corrected chi connectivity index (χ3v) is 6.39. The largest absolute Gasteiger partial charge is 0.452 e. The van der Waals surface area contributed by atoms with Gasteiger partial charge in [0.25, 0.3) is 11.6 Å². The normalized spacial score (nSPS) is 14.3. The second-order valence-electron chi connectivity index (χ2n) is 7.54. The lowest BCUT2D eigenvalue weighted by molar-refractivity contribution is -0.385. The van der Waals surface area contributed by atoms with Crippen LogP contribution in [0.3, 0.4) is 0 Å². The number of hydrogen-bond acceptors (Lipinski definition) is 8. The fourth-order valence-corrected chi connectivity index (χ4v) is 4.20. The topological polar surface area (TPSA) is 142 Å². The summed E-state index contributed by atoms with van der Waals surface area (Å²) >= 11 is 0. The zero-order valence-corrected chi connectivity index (χ0v) is 18.3. The Bertz CT molecular complexity index is 1140. The predicted octanol–water partition coefficient (Wildman–Crippen LogP) is 2.74. The fourth-order valence-electron chi connectivity index (χ4n) is 3.01. The van der Waals surface area contributed by atoms with E-state index < -0.39 is 33.5 Å². The summed E-state index contributed by atoms with van der Waals surface area (Å²) in [7, 11) is -4.34. The zero-order chi connectivity index (χ0) is 23.5. The van der Waals surface area contributed by atoms with Gasteiger partial charge in [-0.15, -0.1) is 0 Å². The van der Waals surface area contributed by atoms with Crippen molar-refractivity contribution in [3.05, 3.63) is 63.7 Å². The molecule has 3 rings (SSSR count). The highest BCUT2D eigenvalue weighted by atomic mass is 32.2. The van der Waals surface area contributed by atoms with Crippen LogP contribution in [0.4, 0.5) is 5.69 Å². The van der Waals surface area contributed by atoms with Gasteiger partial charge in [0.1, 0.15) is 10.6 Å². The van der Waals surface area contributed by atoms with Crippen molar-refractivity contribution in [1.29, 1.82) is 0 Å². The average molecular weight is 462 g/mol. The molecule has 2 aromatic carbocycles.